The molecule has 0 aromatic rings. The van der Waals surface area contributed by atoms with Crippen molar-refractivity contribution < 1.29 is 9.53 Å². The van der Waals surface area contributed by atoms with Crippen molar-refractivity contribution in [3.05, 3.63) is 0 Å². The van der Waals surface area contributed by atoms with Gasteiger partial charge in [-0.3, -0.25) is 4.79 Å². The van der Waals surface area contributed by atoms with E-state index in [2.05, 4.69) is 5.32 Å². The lowest BCUT2D eigenvalue weighted by Gasteiger charge is -2.22. The van der Waals surface area contributed by atoms with Crippen molar-refractivity contribution in [2.45, 2.75) is 39.2 Å². The molecule has 1 rings (SSSR count). The van der Waals surface area contributed by atoms with Crippen molar-refractivity contribution in [3.63, 3.8) is 0 Å². The monoisotopic (exact) mass is 245 g/mol. The Bertz CT molecular complexity index is 220. The van der Waals surface area contributed by atoms with E-state index in [9.17, 15) is 4.79 Å². The van der Waals surface area contributed by atoms with Crippen LogP contribution in [-0.4, -0.2) is 36.2 Å². The van der Waals surface area contributed by atoms with Gasteiger partial charge in [-0.15, -0.1) is 11.8 Å². The highest BCUT2D eigenvalue weighted by Crippen LogP contribution is 2.18. The largest absolute Gasteiger partial charge is 0.459 e. The number of carbonyl (C=O) groups excluding carboxylic acids is 1. The maximum atomic E-state index is 11.4. The van der Waals surface area contributed by atoms with E-state index in [1.54, 1.807) is 11.8 Å². The molecule has 0 atom stereocenters. The van der Waals surface area contributed by atoms with Gasteiger partial charge in [0.2, 0.25) is 0 Å². The summed E-state index contributed by atoms with van der Waals surface area (Å²) in [6.07, 6.45) is 2.47. The molecule has 0 unspecified atom stereocenters. The van der Waals surface area contributed by atoms with Gasteiger partial charge in [0.1, 0.15) is 5.60 Å². The lowest BCUT2D eigenvalue weighted by atomic mass is 10.0. The van der Waals surface area contributed by atoms with Gasteiger partial charge in [0, 0.05) is 0 Å². The van der Waals surface area contributed by atoms with Crippen molar-refractivity contribution in [2.75, 3.05) is 24.6 Å². The number of thioether (sulfide) groups is 1. The van der Waals surface area contributed by atoms with Crippen LogP contribution in [0.3, 0.4) is 0 Å². The number of piperidine rings is 1. The molecule has 0 bridgehead atoms. The molecular formula is C12H23NO2S. The molecular weight excluding hydrogens is 222 g/mol. The Kier molecular flexibility index (Phi) is 5.62. The number of carbonyl (C=O) groups is 1. The molecule has 4 heteroatoms. The van der Waals surface area contributed by atoms with Gasteiger partial charge in [0.15, 0.2) is 0 Å². The third-order valence-electron chi connectivity index (χ3n) is 2.45. The number of rotatable bonds is 4. The molecule has 16 heavy (non-hydrogen) atoms. The minimum Gasteiger partial charge on any atom is -0.459 e. The molecule has 0 spiro atoms. The maximum absolute atomic E-state index is 11.4. The first-order valence-electron chi connectivity index (χ1n) is 5.98. The molecule has 1 heterocycles. The molecule has 0 amide bonds. The van der Waals surface area contributed by atoms with Crippen LogP contribution in [0.2, 0.25) is 0 Å². The zero-order valence-corrected chi connectivity index (χ0v) is 11.4. The van der Waals surface area contributed by atoms with Crippen molar-refractivity contribution in [1.82, 2.24) is 5.32 Å². The van der Waals surface area contributed by atoms with Crippen LogP contribution >= 0.6 is 11.8 Å². The average Bonchev–Trinajstić information content (AvgIpc) is 2.16. The molecule has 1 N–H and O–H groups in total. The second kappa shape index (κ2) is 6.50. The fourth-order valence-electron chi connectivity index (χ4n) is 1.73. The van der Waals surface area contributed by atoms with Crippen LogP contribution in [0.5, 0.6) is 0 Å². The number of esters is 1. The van der Waals surface area contributed by atoms with Crippen LogP contribution in [0.25, 0.3) is 0 Å². The SMILES string of the molecule is CC(C)(C)OC(=O)CSCC1CCNCC1. The van der Waals surface area contributed by atoms with Crippen LogP contribution in [0, 0.1) is 5.92 Å². The van der Waals surface area contributed by atoms with E-state index < -0.39 is 0 Å². The van der Waals surface area contributed by atoms with Crippen LogP contribution < -0.4 is 5.32 Å². The minimum absolute atomic E-state index is 0.0913. The standard InChI is InChI=1S/C12H23NO2S/c1-12(2,3)15-11(14)9-16-8-10-4-6-13-7-5-10/h10,13H,4-9H2,1-3H3. The minimum atomic E-state index is -0.355. The van der Waals surface area contributed by atoms with Crippen LogP contribution in [0.1, 0.15) is 33.6 Å². The van der Waals surface area contributed by atoms with Gasteiger partial charge in [-0.25, -0.2) is 0 Å². The Morgan fingerprint density at radius 1 is 1.38 bits per heavy atom. The van der Waals surface area contributed by atoms with Crippen molar-refractivity contribution in [3.8, 4) is 0 Å². The Balaban J connectivity index is 2.08. The summed E-state index contributed by atoms with van der Waals surface area (Å²) < 4.78 is 5.25. The summed E-state index contributed by atoms with van der Waals surface area (Å²) in [6.45, 7) is 7.96. The predicted molar refractivity (Wildman–Crippen MR) is 68.8 cm³/mol. The molecule has 0 radical (unpaired) electrons. The molecule has 0 aliphatic carbocycles. The molecule has 0 aromatic heterocycles. The van der Waals surface area contributed by atoms with Gasteiger partial charge >= 0.3 is 5.97 Å². The summed E-state index contributed by atoms with van der Waals surface area (Å²) in [6, 6.07) is 0. The summed E-state index contributed by atoms with van der Waals surface area (Å²) in [5.41, 5.74) is -0.355. The van der Waals surface area contributed by atoms with Crippen molar-refractivity contribution in [1.29, 1.82) is 0 Å². The first-order chi connectivity index (χ1) is 7.47. The number of hydrogen-bond donors (Lipinski definition) is 1. The molecule has 1 fully saturated rings. The highest BCUT2D eigenvalue weighted by Gasteiger charge is 2.17. The molecule has 0 saturated carbocycles. The molecule has 1 aliphatic rings. The normalized spacial score (nSPS) is 18.4. The topological polar surface area (TPSA) is 38.3 Å². The van der Waals surface area contributed by atoms with E-state index >= 15 is 0 Å². The average molecular weight is 245 g/mol. The van der Waals surface area contributed by atoms with Crippen molar-refractivity contribution in [2.24, 2.45) is 5.92 Å². The maximum Gasteiger partial charge on any atom is 0.316 e. The van der Waals surface area contributed by atoms with Crippen LogP contribution in [-0.2, 0) is 9.53 Å². The summed E-state index contributed by atoms with van der Waals surface area (Å²) >= 11 is 1.71. The second-order valence-electron chi connectivity index (χ2n) is 5.29. The zero-order valence-electron chi connectivity index (χ0n) is 10.5. The smallest absolute Gasteiger partial charge is 0.316 e. The Hall–Kier alpha value is -0.220. The van der Waals surface area contributed by atoms with E-state index in [1.165, 1.54) is 12.8 Å². The third kappa shape index (κ3) is 6.38. The highest BCUT2D eigenvalue weighted by atomic mass is 32.2. The Labute approximate surface area is 103 Å². The second-order valence-corrected chi connectivity index (χ2v) is 6.33. The van der Waals surface area contributed by atoms with Crippen molar-refractivity contribution >= 4 is 17.7 Å². The van der Waals surface area contributed by atoms with E-state index in [1.807, 2.05) is 20.8 Å². The van der Waals surface area contributed by atoms with E-state index in [0.717, 1.165) is 24.8 Å². The molecule has 0 aromatic carbocycles. The lowest BCUT2D eigenvalue weighted by molar-refractivity contribution is -0.151. The first-order valence-corrected chi connectivity index (χ1v) is 7.13. The summed E-state index contributed by atoms with van der Waals surface area (Å²) in [5.74, 6) is 2.25. The summed E-state index contributed by atoms with van der Waals surface area (Å²) in [5, 5.41) is 3.34. The lowest BCUT2D eigenvalue weighted by Crippen LogP contribution is -2.29. The summed E-state index contributed by atoms with van der Waals surface area (Å²) in [7, 11) is 0. The fraction of sp³-hybridized carbons (Fsp3) is 0.917. The highest BCUT2D eigenvalue weighted by molar-refractivity contribution is 7.99. The molecule has 94 valence electrons. The van der Waals surface area contributed by atoms with E-state index in [4.69, 9.17) is 4.74 Å². The third-order valence-corrected chi connectivity index (χ3v) is 3.60. The van der Waals surface area contributed by atoms with Gasteiger partial charge < -0.3 is 10.1 Å². The van der Waals surface area contributed by atoms with Crippen LogP contribution in [0.4, 0.5) is 0 Å². The predicted octanol–water partition coefficient (Wildman–Crippen LogP) is 2.06. The van der Waals surface area contributed by atoms with Gasteiger partial charge in [-0.05, 0) is 58.4 Å². The quantitative estimate of drug-likeness (QED) is 0.770. The number of ether oxygens (including phenoxy) is 1. The number of hydrogen-bond acceptors (Lipinski definition) is 4. The first kappa shape index (κ1) is 13.8. The van der Waals surface area contributed by atoms with Gasteiger partial charge in [-0.1, -0.05) is 0 Å². The summed E-state index contributed by atoms with van der Waals surface area (Å²) in [4.78, 5) is 11.4. The Morgan fingerprint density at radius 3 is 2.56 bits per heavy atom. The van der Waals surface area contributed by atoms with Gasteiger partial charge in [0.05, 0.1) is 5.75 Å². The molecule has 1 saturated heterocycles. The van der Waals surface area contributed by atoms with Gasteiger partial charge in [-0.2, -0.15) is 0 Å². The fourth-order valence-corrected chi connectivity index (χ4v) is 2.74. The van der Waals surface area contributed by atoms with Gasteiger partial charge in [0.25, 0.3) is 0 Å². The van der Waals surface area contributed by atoms with Crippen LogP contribution in [0.15, 0.2) is 0 Å². The molecule has 1 aliphatic heterocycles. The number of nitrogens with one attached hydrogen (secondary N) is 1. The zero-order chi connectivity index (χ0) is 12.0. The van der Waals surface area contributed by atoms with E-state index in [0.29, 0.717) is 5.75 Å². The molecule has 3 nitrogen and oxygen atoms in total. The van der Waals surface area contributed by atoms with E-state index in [-0.39, 0.29) is 11.6 Å². The Morgan fingerprint density at radius 2 is 2.00 bits per heavy atom.